The molecule has 0 aliphatic heterocycles. The van der Waals surface area contributed by atoms with Gasteiger partial charge in [-0.2, -0.15) is 0 Å². The van der Waals surface area contributed by atoms with Crippen LogP contribution in [0.3, 0.4) is 0 Å². The van der Waals surface area contributed by atoms with E-state index in [0.717, 1.165) is 5.56 Å². The van der Waals surface area contributed by atoms with Crippen molar-refractivity contribution >= 4 is 0 Å². The molecule has 0 saturated heterocycles. The third kappa shape index (κ3) is 2.12. The summed E-state index contributed by atoms with van der Waals surface area (Å²) in [6, 6.07) is 5.37. The minimum atomic E-state index is 0.199. The number of rotatable bonds is 3. The lowest BCUT2D eigenvalue weighted by molar-refractivity contribution is 0.424. The fourth-order valence-electron chi connectivity index (χ4n) is 1.14. The van der Waals surface area contributed by atoms with Gasteiger partial charge in [0.1, 0.15) is 0 Å². The van der Waals surface area contributed by atoms with E-state index in [0.29, 0.717) is 11.5 Å². The summed E-state index contributed by atoms with van der Waals surface area (Å²) in [6.07, 6.45) is 3.34. The van der Waals surface area contributed by atoms with Crippen LogP contribution in [0.4, 0.5) is 0 Å². The van der Waals surface area contributed by atoms with Crippen LogP contribution in [0, 0.1) is 0 Å². The van der Waals surface area contributed by atoms with E-state index in [1.165, 1.54) is 0 Å². The van der Waals surface area contributed by atoms with Crippen molar-refractivity contribution in [1.82, 2.24) is 10.1 Å². The molecule has 6 nitrogen and oxygen atoms in total. The second kappa shape index (κ2) is 4.26. The predicted octanol–water partition coefficient (Wildman–Crippen LogP) is 2.55. The minimum absolute atomic E-state index is 0.199. The number of aromatic nitrogens is 2. The maximum absolute atomic E-state index is 8.14. The quantitative estimate of drug-likeness (QED) is 0.434. The molecule has 0 aliphatic carbocycles. The Kier molecular flexibility index (Phi) is 2.62. The van der Waals surface area contributed by atoms with Gasteiger partial charge in [-0.05, 0) is 17.7 Å². The van der Waals surface area contributed by atoms with Gasteiger partial charge in [0, 0.05) is 28.9 Å². The van der Waals surface area contributed by atoms with Gasteiger partial charge in [-0.3, -0.25) is 4.98 Å². The maximum Gasteiger partial charge on any atom is 0.167 e. The normalized spacial score (nSPS) is 9.60. The van der Waals surface area contributed by atoms with Crippen molar-refractivity contribution < 1.29 is 4.52 Å². The Morgan fingerprint density at radius 3 is 2.93 bits per heavy atom. The fourth-order valence-corrected chi connectivity index (χ4v) is 1.14. The first-order chi connectivity index (χ1) is 7.40. The standard InChI is InChI=1S/C9H7N5O/c10-14-12-6-8-5-9(15-13-8)7-1-3-11-4-2-7/h1-5H,6H2. The van der Waals surface area contributed by atoms with Gasteiger partial charge in [0.15, 0.2) is 5.76 Å². The lowest BCUT2D eigenvalue weighted by atomic mass is 10.2. The molecular formula is C9H7N5O. The third-order valence-electron chi connectivity index (χ3n) is 1.82. The molecular weight excluding hydrogens is 194 g/mol. The molecule has 2 heterocycles. The van der Waals surface area contributed by atoms with Gasteiger partial charge in [-0.15, -0.1) is 0 Å². The molecule has 0 spiro atoms. The molecule has 0 radical (unpaired) electrons. The van der Waals surface area contributed by atoms with E-state index in [9.17, 15) is 0 Å². The molecule has 0 saturated carbocycles. The van der Waals surface area contributed by atoms with Gasteiger partial charge >= 0.3 is 0 Å². The zero-order valence-corrected chi connectivity index (χ0v) is 7.74. The van der Waals surface area contributed by atoms with Crippen LogP contribution in [0.1, 0.15) is 5.69 Å². The largest absolute Gasteiger partial charge is 0.356 e. The molecule has 0 aromatic carbocycles. The van der Waals surface area contributed by atoms with E-state index in [-0.39, 0.29) is 6.54 Å². The van der Waals surface area contributed by atoms with E-state index in [1.807, 2.05) is 12.1 Å². The molecule has 0 aliphatic rings. The highest BCUT2D eigenvalue weighted by molar-refractivity contribution is 5.56. The zero-order chi connectivity index (χ0) is 10.5. The van der Waals surface area contributed by atoms with Gasteiger partial charge in [-0.25, -0.2) is 0 Å². The van der Waals surface area contributed by atoms with Crippen molar-refractivity contribution in [3.63, 3.8) is 0 Å². The number of nitrogens with zero attached hydrogens (tertiary/aromatic N) is 5. The topological polar surface area (TPSA) is 87.7 Å². The van der Waals surface area contributed by atoms with Crippen molar-refractivity contribution in [3.8, 4) is 11.3 Å². The Morgan fingerprint density at radius 2 is 2.20 bits per heavy atom. The first-order valence-corrected chi connectivity index (χ1v) is 4.27. The first-order valence-electron chi connectivity index (χ1n) is 4.27. The third-order valence-corrected chi connectivity index (χ3v) is 1.82. The molecule has 2 aromatic rings. The molecule has 2 rings (SSSR count). The molecule has 74 valence electrons. The van der Waals surface area contributed by atoms with E-state index in [1.54, 1.807) is 18.5 Å². The average Bonchev–Trinajstić information content (AvgIpc) is 2.76. The molecule has 0 atom stereocenters. The summed E-state index contributed by atoms with van der Waals surface area (Å²) in [5.41, 5.74) is 9.65. The highest BCUT2D eigenvalue weighted by atomic mass is 16.5. The van der Waals surface area contributed by atoms with E-state index >= 15 is 0 Å². The summed E-state index contributed by atoms with van der Waals surface area (Å²) in [7, 11) is 0. The first kappa shape index (κ1) is 9.23. The Bertz CT molecular complexity index is 486. The van der Waals surface area contributed by atoms with Gasteiger partial charge in [0.2, 0.25) is 0 Å². The van der Waals surface area contributed by atoms with E-state index < -0.39 is 0 Å². The minimum Gasteiger partial charge on any atom is -0.356 e. The molecule has 6 heteroatoms. The SMILES string of the molecule is [N-]=[N+]=NCc1cc(-c2ccncc2)on1. The van der Waals surface area contributed by atoms with Crippen molar-refractivity contribution in [2.45, 2.75) is 6.54 Å². The lowest BCUT2D eigenvalue weighted by Gasteiger charge is -1.90. The van der Waals surface area contributed by atoms with Crippen LogP contribution in [0.25, 0.3) is 21.8 Å². The highest BCUT2D eigenvalue weighted by Crippen LogP contribution is 2.19. The summed E-state index contributed by atoms with van der Waals surface area (Å²) in [5, 5.41) is 7.16. The maximum atomic E-state index is 8.14. The average molecular weight is 201 g/mol. The van der Waals surface area contributed by atoms with Crippen LogP contribution in [-0.2, 0) is 6.54 Å². The van der Waals surface area contributed by atoms with Crippen LogP contribution in [0.15, 0.2) is 40.2 Å². The molecule has 0 amide bonds. The van der Waals surface area contributed by atoms with E-state index in [4.69, 9.17) is 10.1 Å². The molecule has 0 bridgehead atoms. The second-order valence-corrected chi connectivity index (χ2v) is 2.81. The summed E-state index contributed by atoms with van der Waals surface area (Å²) in [5.74, 6) is 0.639. The number of hydrogen-bond acceptors (Lipinski definition) is 4. The van der Waals surface area contributed by atoms with Gasteiger partial charge in [0.05, 0.1) is 12.2 Å². The Labute approximate surface area is 85.2 Å². The van der Waals surface area contributed by atoms with Gasteiger partial charge in [-0.1, -0.05) is 10.3 Å². The van der Waals surface area contributed by atoms with Gasteiger partial charge in [0.25, 0.3) is 0 Å². The van der Waals surface area contributed by atoms with Crippen LogP contribution in [0.5, 0.6) is 0 Å². The van der Waals surface area contributed by atoms with Crippen molar-refractivity contribution in [3.05, 3.63) is 46.7 Å². The summed E-state index contributed by atoms with van der Waals surface area (Å²) in [4.78, 5) is 6.54. The predicted molar refractivity (Wildman–Crippen MR) is 52.6 cm³/mol. The van der Waals surface area contributed by atoms with Crippen LogP contribution >= 0.6 is 0 Å². The number of hydrogen-bond donors (Lipinski definition) is 0. The van der Waals surface area contributed by atoms with Crippen molar-refractivity contribution in [2.24, 2.45) is 5.11 Å². The van der Waals surface area contributed by atoms with Crippen molar-refractivity contribution in [2.75, 3.05) is 0 Å². The molecule has 15 heavy (non-hydrogen) atoms. The number of pyridine rings is 1. The van der Waals surface area contributed by atoms with Crippen LogP contribution < -0.4 is 0 Å². The Hall–Kier alpha value is -2.33. The van der Waals surface area contributed by atoms with Crippen molar-refractivity contribution in [1.29, 1.82) is 0 Å². The smallest absolute Gasteiger partial charge is 0.167 e. The fraction of sp³-hybridized carbons (Fsp3) is 0.111. The summed E-state index contributed by atoms with van der Waals surface area (Å²) < 4.78 is 5.09. The monoisotopic (exact) mass is 201 g/mol. The lowest BCUT2D eigenvalue weighted by Crippen LogP contribution is -1.76. The Balaban J connectivity index is 2.24. The Morgan fingerprint density at radius 1 is 1.40 bits per heavy atom. The summed E-state index contributed by atoms with van der Waals surface area (Å²) in [6.45, 7) is 0.199. The summed E-state index contributed by atoms with van der Waals surface area (Å²) >= 11 is 0. The van der Waals surface area contributed by atoms with Crippen LogP contribution in [0.2, 0.25) is 0 Å². The number of azide groups is 1. The second-order valence-electron chi connectivity index (χ2n) is 2.81. The molecule has 0 fully saturated rings. The molecule has 0 N–H and O–H groups in total. The highest BCUT2D eigenvalue weighted by Gasteiger charge is 2.04. The molecule has 2 aromatic heterocycles. The van der Waals surface area contributed by atoms with Crippen LogP contribution in [-0.4, -0.2) is 10.1 Å². The van der Waals surface area contributed by atoms with E-state index in [2.05, 4.69) is 20.2 Å². The van der Waals surface area contributed by atoms with Gasteiger partial charge < -0.3 is 4.52 Å². The zero-order valence-electron chi connectivity index (χ0n) is 7.74. The molecule has 0 unspecified atom stereocenters.